The molecule has 0 radical (unpaired) electrons. The Balaban J connectivity index is 1.55. The number of ether oxygens (including phenoxy) is 4. The van der Waals surface area contributed by atoms with Gasteiger partial charge in [0.25, 0.3) is 5.91 Å². The molecule has 4 rings (SSSR count). The van der Waals surface area contributed by atoms with Crippen molar-refractivity contribution in [2.75, 3.05) is 26.1 Å². The van der Waals surface area contributed by atoms with Gasteiger partial charge in [-0.2, -0.15) is 18.3 Å². The number of methoxy groups -OCH3 is 2. The van der Waals surface area contributed by atoms with Gasteiger partial charge in [0.1, 0.15) is 17.3 Å². The highest BCUT2D eigenvalue weighted by atomic mass is 19.4. The standard InChI is InChI=1S/C26H24F4N4O6/c1-14(35)11-34-12-23(39-13-26(28,29)30)24(33-34)25(36)32-18-5-4-15(8-17(18)27)40-20-6-7-31-19-10-22(38-3)21(37-2)9-16(19)20/h4-10,12,14,35H,11,13H2,1-3H3,(H,32,36). The van der Waals surface area contributed by atoms with Gasteiger partial charge in [-0.3, -0.25) is 14.5 Å². The average molecular weight is 564 g/mol. The van der Waals surface area contributed by atoms with Crippen molar-refractivity contribution >= 4 is 22.5 Å². The molecule has 212 valence electrons. The maximum atomic E-state index is 15.0. The first-order valence-corrected chi connectivity index (χ1v) is 11.7. The first kappa shape index (κ1) is 28.4. The van der Waals surface area contributed by atoms with Gasteiger partial charge in [0.05, 0.1) is 44.3 Å². The van der Waals surface area contributed by atoms with E-state index in [0.717, 1.165) is 16.9 Å². The molecule has 0 saturated carbocycles. The van der Waals surface area contributed by atoms with Crippen molar-refractivity contribution in [1.29, 1.82) is 0 Å². The van der Waals surface area contributed by atoms with E-state index in [9.17, 15) is 27.5 Å². The molecular weight excluding hydrogens is 540 g/mol. The molecule has 0 aliphatic heterocycles. The largest absolute Gasteiger partial charge is 0.493 e. The van der Waals surface area contributed by atoms with E-state index in [1.807, 2.05) is 0 Å². The number of hydrogen-bond donors (Lipinski definition) is 2. The van der Waals surface area contributed by atoms with Crippen LogP contribution in [0.15, 0.2) is 48.8 Å². The van der Waals surface area contributed by atoms with Gasteiger partial charge in [-0.25, -0.2) is 4.39 Å². The minimum absolute atomic E-state index is 0.0909. The maximum absolute atomic E-state index is 15.0. The quantitative estimate of drug-likeness (QED) is 0.260. The van der Waals surface area contributed by atoms with Crippen molar-refractivity contribution in [2.45, 2.75) is 25.7 Å². The summed E-state index contributed by atoms with van der Waals surface area (Å²) >= 11 is 0. The molecule has 0 fully saturated rings. The third-order valence-corrected chi connectivity index (χ3v) is 5.41. The predicted octanol–water partition coefficient (Wildman–Crippen LogP) is 4.95. The van der Waals surface area contributed by atoms with Gasteiger partial charge in [0.2, 0.25) is 0 Å². The summed E-state index contributed by atoms with van der Waals surface area (Å²) in [6.07, 6.45) is -3.02. The zero-order chi connectivity index (χ0) is 29.0. The van der Waals surface area contributed by atoms with E-state index in [4.69, 9.17) is 18.9 Å². The van der Waals surface area contributed by atoms with Crippen LogP contribution in [0.5, 0.6) is 28.7 Å². The molecule has 2 heterocycles. The van der Waals surface area contributed by atoms with Gasteiger partial charge in [-0.1, -0.05) is 0 Å². The number of benzene rings is 2. The number of nitrogens with zero attached hydrogens (tertiary/aromatic N) is 3. The highest BCUT2D eigenvalue weighted by molar-refractivity contribution is 6.04. The normalized spacial score (nSPS) is 12.2. The SMILES string of the molecule is COc1cc2nccc(Oc3ccc(NC(=O)c4nn(CC(C)O)cc4OCC(F)(F)F)c(F)c3)c2cc1OC. The molecule has 2 N–H and O–H groups in total. The van der Waals surface area contributed by atoms with Gasteiger partial charge in [0.15, 0.2) is 29.5 Å². The number of fused-ring (bicyclic) bond motifs is 1. The molecule has 40 heavy (non-hydrogen) atoms. The summed E-state index contributed by atoms with van der Waals surface area (Å²) < 4.78 is 75.2. The van der Waals surface area contributed by atoms with E-state index in [2.05, 4.69) is 15.4 Å². The zero-order valence-electron chi connectivity index (χ0n) is 21.5. The van der Waals surface area contributed by atoms with E-state index >= 15 is 0 Å². The van der Waals surface area contributed by atoms with Gasteiger partial charge in [-0.15, -0.1) is 0 Å². The van der Waals surface area contributed by atoms with E-state index in [0.29, 0.717) is 28.2 Å². The minimum Gasteiger partial charge on any atom is -0.493 e. The number of carbonyl (C=O) groups is 1. The molecule has 2 aromatic carbocycles. The Kier molecular flexibility index (Phi) is 8.28. The molecular formula is C26H24F4N4O6. The molecule has 4 aromatic rings. The molecule has 0 aliphatic carbocycles. The first-order valence-electron chi connectivity index (χ1n) is 11.7. The van der Waals surface area contributed by atoms with Crippen LogP contribution in [-0.4, -0.2) is 58.9 Å². The lowest BCUT2D eigenvalue weighted by Crippen LogP contribution is -2.21. The highest BCUT2D eigenvalue weighted by Crippen LogP contribution is 2.37. The Hall–Kier alpha value is -4.59. The molecule has 1 amide bonds. The van der Waals surface area contributed by atoms with Crippen molar-refractivity contribution in [3.05, 3.63) is 60.3 Å². The van der Waals surface area contributed by atoms with Crippen molar-refractivity contribution in [3.63, 3.8) is 0 Å². The van der Waals surface area contributed by atoms with Crippen LogP contribution in [0.4, 0.5) is 23.2 Å². The molecule has 1 unspecified atom stereocenters. The lowest BCUT2D eigenvalue weighted by atomic mass is 10.2. The summed E-state index contributed by atoms with van der Waals surface area (Å²) in [5.41, 5.74) is -0.259. The van der Waals surface area contributed by atoms with Crippen LogP contribution < -0.4 is 24.3 Å². The fourth-order valence-corrected chi connectivity index (χ4v) is 3.70. The molecule has 0 bridgehead atoms. The lowest BCUT2D eigenvalue weighted by Gasteiger charge is -2.13. The summed E-state index contributed by atoms with van der Waals surface area (Å²) in [7, 11) is 2.97. The Morgan fingerprint density at radius 3 is 2.45 bits per heavy atom. The first-order chi connectivity index (χ1) is 19.0. The summed E-state index contributed by atoms with van der Waals surface area (Å²) in [4.78, 5) is 17.1. The smallest absolute Gasteiger partial charge is 0.422 e. The van der Waals surface area contributed by atoms with Crippen LogP contribution in [0.1, 0.15) is 17.4 Å². The number of carbonyl (C=O) groups excluding carboxylic acids is 1. The van der Waals surface area contributed by atoms with Crippen LogP contribution in [0.3, 0.4) is 0 Å². The number of amides is 1. The van der Waals surface area contributed by atoms with E-state index in [-0.39, 0.29) is 18.0 Å². The van der Waals surface area contributed by atoms with Gasteiger partial charge < -0.3 is 29.4 Å². The maximum Gasteiger partial charge on any atom is 0.422 e. The van der Waals surface area contributed by atoms with Crippen molar-refractivity contribution < 1.29 is 46.4 Å². The number of aromatic nitrogens is 3. The number of aliphatic hydroxyl groups is 1. The van der Waals surface area contributed by atoms with Gasteiger partial charge in [-0.05, 0) is 31.2 Å². The minimum atomic E-state index is -4.67. The summed E-state index contributed by atoms with van der Waals surface area (Å²) in [5.74, 6) is -1.04. The van der Waals surface area contributed by atoms with E-state index in [1.165, 1.54) is 39.5 Å². The number of pyridine rings is 1. The Morgan fingerprint density at radius 1 is 1.07 bits per heavy atom. The molecule has 10 nitrogen and oxygen atoms in total. The third-order valence-electron chi connectivity index (χ3n) is 5.41. The van der Waals surface area contributed by atoms with Gasteiger partial charge >= 0.3 is 6.18 Å². The number of anilines is 1. The second-order valence-electron chi connectivity index (χ2n) is 8.55. The van der Waals surface area contributed by atoms with Crippen molar-refractivity contribution in [1.82, 2.24) is 14.8 Å². The fourth-order valence-electron chi connectivity index (χ4n) is 3.70. The van der Waals surface area contributed by atoms with Crippen LogP contribution >= 0.6 is 0 Å². The molecule has 1 atom stereocenters. The Bertz CT molecular complexity index is 1520. The third kappa shape index (κ3) is 6.69. The number of alkyl halides is 3. The summed E-state index contributed by atoms with van der Waals surface area (Å²) in [5, 5.41) is 16.3. The lowest BCUT2D eigenvalue weighted by molar-refractivity contribution is -0.153. The summed E-state index contributed by atoms with van der Waals surface area (Å²) in [6.45, 7) is -0.354. The topological polar surface area (TPSA) is 117 Å². The molecule has 14 heteroatoms. The number of nitrogens with one attached hydrogen (secondary N) is 1. The van der Waals surface area contributed by atoms with Crippen LogP contribution in [0, 0.1) is 5.82 Å². The monoisotopic (exact) mass is 564 g/mol. The highest BCUT2D eigenvalue weighted by Gasteiger charge is 2.30. The Morgan fingerprint density at radius 2 is 1.80 bits per heavy atom. The van der Waals surface area contributed by atoms with Crippen molar-refractivity contribution in [3.8, 4) is 28.7 Å². The van der Waals surface area contributed by atoms with Gasteiger partial charge in [0, 0.05) is 23.7 Å². The second kappa shape index (κ2) is 11.7. The molecule has 0 saturated heterocycles. The second-order valence-corrected chi connectivity index (χ2v) is 8.55. The fraction of sp³-hybridized carbons (Fsp3) is 0.269. The number of hydrogen-bond acceptors (Lipinski definition) is 8. The molecule has 0 aliphatic rings. The van der Waals surface area contributed by atoms with Crippen LogP contribution in [0.25, 0.3) is 10.9 Å². The van der Waals surface area contributed by atoms with Crippen LogP contribution in [-0.2, 0) is 6.54 Å². The Labute approximate surface area is 225 Å². The summed E-state index contributed by atoms with van der Waals surface area (Å²) in [6, 6.07) is 8.53. The van der Waals surface area contributed by atoms with E-state index in [1.54, 1.807) is 18.2 Å². The van der Waals surface area contributed by atoms with E-state index < -0.39 is 42.1 Å². The molecule has 2 aromatic heterocycles. The predicted molar refractivity (Wildman–Crippen MR) is 135 cm³/mol. The molecule has 0 spiro atoms. The van der Waals surface area contributed by atoms with Crippen LogP contribution in [0.2, 0.25) is 0 Å². The number of halogens is 4. The zero-order valence-corrected chi connectivity index (χ0v) is 21.5. The number of rotatable bonds is 10. The average Bonchev–Trinajstić information content (AvgIpc) is 3.30. The van der Waals surface area contributed by atoms with Crippen molar-refractivity contribution in [2.24, 2.45) is 0 Å². The number of aliphatic hydroxyl groups excluding tert-OH is 1.